The van der Waals surface area contributed by atoms with Crippen LogP contribution in [0.5, 0.6) is 5.75 Å². The van der Waals surface area contributed by atoms with Crippen molar-refractivity contribution in [3.8, 4) is 28.7 Å². The van der Waals surface area contributed by atoms with Gasteiger partial charge in [0.25, 0.3) is 5.91 Å². The topological polar surface area (TPSA) is 68.5 Å². The molecule has 162 valence electrons. The number of hydrogen-bond donors (Lipinski definition) is 0. The highest BCUT2D eigenvalue weighted by Crippen LogP contribution is 2.26. The first-order chi connectivity index (χ1) is 15.5. The minimum atomic E-state index is -0.458. The standard InChI is InChI=1S/C25H22FN3O3/c1-16-6-4-5-7-20(16)24-28-27-23(32-24)18-9-11-19(12-10-18)25(30)29(2)15-17-8-13-22(31-3)21(26)14-17/h4-14H,15H2,1-3H3. The van der Waals surface area contributed by atoms with E-state index in [4.69, 9.17) is 9.15 Å². The Morgan fingerprint density at radius 1 is 1.03 bits per heavy atom. The molecule has 0 spiro atoms. The summed E-state index contributed by atoms with van der Waals surface area (Å²) < 4.78 is 24.7. The van der Waals surface area contributed by atoms with Gasteiger partial charge in [-0.05, 0) is 60.5 Å². The molecule has 0 fully saturated rings. The number of methoxy groups -OCH3 is 1. The van der Waals surface area contributed by atoms with Crippen LogP contribution in [-0.2, 0) is 6.54 Å². The number of hydrogen-bond acceptors (Lipinski definition) is 5. The first kappa shape index (κ1) is 21.2. The molecule has 1 heterocycles. The second kappa shape index (κ2) is 9.01. The highest BCUT2D eigenvalue weighted by Gasteiger charge is 2.16. The zero-order valence-corrected chi connectivity index (χ0v) is 18.0. The number of carbonyl (C=O) groups excluding carboxylic acids is 1. The summed E-state index contributed by atoms with van der Waals surface area (Å²) in [5.41, 5.74) is 3.82. The first-order valence-electron chi connectivity index (χ1n) is 10.0. The van der Waals surface area contributed by atoms with Crippen LogP contribution < -0.4 is 4.74 Å². The van der Waals surface area contributed by atoms with Crippen LogP contribution in [-0.4, -0.2) is 35.2 Å². The van der Waals surface area contributed by atoms with E-state index < -0.39 is 5.82 Å². The molecule has 32 heavy (non-hydrogen) atoms. The molecule has 0 radical (unpaired) electrons. The average Bonchev–Trinajstić information content (AvgIpc) is 3.29. The molecule has 0 unspecified atom stereocenters. The molecular formula is C25H22FN3O3. The first-order valence-corrected chi connectivity index (χ1v) is 10.0. The lowest BCUT2D eigenvalue weighted by Crippen LogP contribution is -2.26. The van der Waals surface area contributed by atoms with Crippen LogP contribution in [0.2, 0.25) is 0 Å². The number of aromatic nitrogens is 2. The monoisotopic (exact) mass is 431 g/mol. The third kappa shape index (κ3) is 4.37. The zero-order chi connectivity index (χ0) is 22.7. The van der Waals surface area contributed by atoms with Crippen LogP contribution >= 0.6 is 0 Å². The molecule has 4 rings (SSSR count). The second-order valence-corrected chi connectivity index (χ2v) is 7.43. The number of nitrogens with zero attached hydrogens (tertiary/aromatic N) is 3. The molecular weight excluding hydrogens is 409 g/mol. The van der Waals surface area contributed by atoms with Crippen LogP contribution in [0.1, 0.15) is 21.5 Å². The quantitative estimate of drug-likeness (QED) is 0.423. The van der Waals surface area contributed by atoms with Gasteiger partial charge in [-0.2, -0.15) is 0 Å². The largest absolute Gasteiger partial charge is 0.494 e. The van der Waals surface area contributed by atoms with Crippen molar-refractivity contribution in [2.45, 2.75) is 13.5 Å². The van der Waals surface area contributed by atoms with E-state index in [2.05, 4.69) is 10.2 Å². The van der Waals surface area contributed by atoms with Crippen LogP contribution in [0.25, 0.3) is 22.9 Å². The summed E-state index contributed by atoms with van der Waals surface area (Å²) in [6, 6.07) is 19.4. The second-order valence-electron chi connectivity index (χ2n) is 7.43. The molecule has 0 saturated heterocycles. The number of halogens is 1. The molecule has 4 aromatic rings. The lowest BCUT2D eigenvalue weighted by atomic mass is 10.1. The van der Waals surface area contributed by atoms with E-state index >= 15 is 0 Å². The predicted molar refractivity (Wildman–Crippen MR) is 119 cm³/mol. The SMILES string of the molecule is COc1ccc(CN(C)C(=O)c2ccc(-c3nnc(-c4ccccc4C)o3)cc2)cc1F. The summed E-state index contributed by atoms with van der Waals surface area (Å²) in [7, 11) is 3.08. The van der Waals surface area contributed by atoms with Gasteiger partial charge in [-0.25, -0.2) is 4.39 Å². The zero-order valence-electron chi connectivity index (χ0n) is 18.0. The van der Waals surface area contributed by atoms with Gasteiger partial charge in [-0.15, -0.1) is 10.2 Å². The fraction of sp³-hybridized carbons (Fsp3) is 0.160. The highest BCUT2D eigenvalue weighted by atomic mass is 19.1. The number of ether oxygens (including phenoxy) is 1. The predicted octanol–water partition coefficient (Wildman–Crippen LogP) is 5.13. The third-order valence-electron chi connectivity index (χ3n) is 5.16. The van der Waals surface area contributed by atoms with E-state index in [9.17, 15) is 9.18 Å². The Labute approximate surface area is 185 Å². The number of benzene rings is 3. The Hall–Kier alpha value is -4.00. The fourth-order valence-corrected chi connectivity index (χ4v) is 3.39. The number of rotatable bonds is 6. The molecule has 0 aliphatic heterocycles. The van der Waals surface area contributed by atoms with Crippen molar-refractivity contribution < 1.29 is 18.3 Å². The molecule has 0 saturated carbocycles. The van der Waals surface area contributed by atoms with Crippen molar-refractivity contribution in [3.05, 3.63) is 89.2 Å². The minimum absolute atomic E-state index is 0.171. The maximum absolute atomic E-state index is 13.9. The number of amides is 1. The minimum Gasteiger partial charge on any atom is -0.494 e. The molecule has 3 aromatic carbocycles. The van der Waals surface area contributed by atoms with Crippen LogP contribution in [0.3, 0.4) is 0 Å². The van der Waals surface area contributed by atoms with Crippen molar-refractivity contribution in [1.29, 1.82) is 0 Å². The molecule has 7 heteroatoms. The smallest absolute Gasteiger partial charge is 0.253 e. The van der Waals surface area contributed by atoms with E-state index in [1.807, 2.05) is 31.2 Å². The van der Waals surface area contributed by atoms with Gasteiger partial charge in [0.05, 0.1) is 7.11 Å². The summed E-state index contributed by atoms with van der Waals surface area (Å²) in [6.07, 6.45) is 0. The number of carbonyl (C=O) groups is 1. The van der Waals surface area contributed by atoms with E-state index in [0.717, 1.165) is 11.1 Å². The lowest BCUT2D eigenvalue weighted by Gasteiger charge is -2.18. The normalized spacial score (nSPS) is 10.8. The Morgan fingerprint density at radius 3 is 2.44 bits per heavy atom. The van der Waals surface area contributed by atoms with Crippen LogP contribution in [0, 0.1) is 12.7 Å². The van der Waals surface area contributed by atoms with Gasteiger partial charge in [0.2, 0.25) is 11.8 Å². The Bertz CT molecular complexity index is 1250. The van der Waals surface area contributed by atoms with Crippen molar-refractivity contribution >= 4 is 5.91 Å². The fourth-order valence-electron chi connectivity index (χ4n) is 3.39. The summed E-state index contributed by atoms with van der Waals surface area (Å²) in [5.74, 6) is 0.359. The molecule has 0 aliphatic carbocycles. The van der Waals surface area contributed by atoms with Crippen LogP contribution in [0.15, 0.2) is 71.1 Å². The lowest BCUT2D eigenvalue weighted by molar-refractivity contribution is 0.0785. The summed E-state index contributed by atoms with van der Waals surface area (Å²) in [5, 5.41) is 8.28. The maximum Gasteiger partial charge on any atom is 0.253 e. The molecule has 1 amide bonds. The van der Waals surface area contributed by atoms with E-state index in [1.54, 1.807) is 43.4 Å². The van der Waals surface area contributed by atoms with Crippen molar-refractivity contribution in [1.82, 2.24) is 15.1 Å². The van der Waals surface area contributed by atoms with E-state index in [1.165, 1.54) is 18.1 Å². The van der Waals surface area contributed by atoms with Crippen molar-refractivity contribution in [2.75, 3.05) is 14.2 Å². The Morgan fingerprint density at radius 2 is 1.75 bits per heavy atom. The average molecular weight is 431 g/mol. The molecule has 6 nitrogen and oxygen atoms in total. The molecule has 0 atom stereocenters. The van der Waals surface area contributed by atoms with Gasteiger partial charge in [-0.3, -0.25) is 4.79 Å². The van der Waals surface area contributed by atoms with Gasteiger partial charge in [0.1, 0.15) is 0 Å². The Kier molecular flexibility index (Phi) is 5.98. The van der Waals surface area contributed by atoms with E-state index in [-0.39, 0.29) is 18.2 Å². The highest BCUT2D eigenvalue weighted by molar-refractivity contribution is 5.94. The maximum atomic E-state index is 13.9. The van der Waals surface area contributed by atoms with E-state index in [0.29, 0.717) is 28.5 Å². The van der Waals surface area contributed by atoms with Gasteiger partial charge < -0.3 is 14.1 Å². The molecule has 1 aromatic heterocycles. The summed E-state index contributed by atoms with van der Waals surface area (Å²) in [4.78, 5) is 14.3. The molecule has 0 aliphatic rings. The molecule has 0 bridgehead atoms. The summed E-state index contributed by atoms with van der Waals surface area (Å²) >= 11 is 0. The van der Waals surface area contributed by atoms with Crippen molar-refractivity contribution in [2.24, 2.45) is 0 Å². The van der Waals surface area contributed by atoms with Gasteiger partial charge in [-0.1, -0.05) is 24.3 Å². The van der Waals surface area contributed by atoms with Gasteiger partial charge in [0.15, 0.2) is 11.6 Å². The Balaban J connectivity index is 1.47. The van der Waals surface area contributed by atoms with Crippen LogP contribution in [0.4, 0.5) is 4.39 Å². The molecule has 0 N–H and O–H groups in total. The summed E-state index contributed by atoms with van der Waals surface area (Å²) in [6.45, 7) is 2.25. The van der Waals surface area contributed by atoms with Crippen molar-refractivity contribution in [3.63, 3.8) is 0 Å². The third-order valence-corrected chi connectivity index (χ3v) is 5.16. The number of aryl methyl sites for hydroxylation is 1. The van der Waals surface area contributed by atoms with Gasteiger partial charge >= 0.3 is 0 Å². The van der Waals surface area contributed by atoms with Gasteiger partial charge in [0, 0.05) is 30.3 Å².